The normalized spacial score (nSPS) is 14.3. The van der Waals surface area contributed by atoms with Crippen LogP contribution in [0.5, 0.6) is 11.5 Å². The number of hydrogen-bond donors (Lipinski definition) is 2. The quantitative estimate of drug-likeness (QED) is 0.218. The number of para-hydroxylation sites is 2. The van der Waals surface area contributed by atoms with Crippen molar-refractivity contribution in [3.63, 3.8) is 0 Å². The molecule has 0 aromatic heterocycles. The van der Waals surface area contributed by atoms with Gasteiger partial charge in [0.05, 0.1) is 11.4 Å². The molecule has 8 nitrogen and oxygen atoms in total. The number of nitrogens with one attached hydrogen (secondary N) is 2. The van der Waals surface area contributed by atoms with Crippen molar-refractivity contribution in [2.75, 3.05) is 33.9 Å². The van der Waals surface area contributed by atoms with E-state index in [-0.39, 0.29) is 36.3 Å². The molecule has 2 aliphatic rings. The molecule has 0 aliphatic carbocycles. The Kier molecular flexibility index (Phi) is 8.34. The number of rotatable bonds is 6. The Balaban J connectivity index is 1.06. The smallest absolute Gasteiger partial charge is 0.471 e. The average molecular weight is 657 g/mol. The fourth-order valence-electron chi connectivity index (χ4n) is 5.35. The number of hydrogen-bond acceptors (Lipinski definition) is 6. The summed E-state index contributed by atoms with van der Waals surface area (Å²) < 4.78 is 87.8. The number of nitrogens with zero attached hydrogens (tertiary/aromatic N) is 2. The standard InChI is InChI=1S/C33H26F6N4O4/c34-32(35,36)30(44)40-26-5-1-3-22-16-42(18-46-28(22)26)24-11-7-20(8-12-24)15-21-9-13-25(14-10-21)43-17-23-4-2-6-27(29(23)47-19-43)41-31(45)33(37,38)39/h1-14H,15-19H2,(H,40,44)(H,41,45). The molecule has 47 heavy (non-hydrogen) atoms. The minimum atomic E-state index is -5.01. The van der Waals surface area contributed by atoms with E-state index in [1.165, 1.54) is 12.1 Å². The average Bonchev–Trinajstić information content (AvgIpc) is 3.04. The van der Waals surface area contributed by atoms with Crippen molar-refractivity contribution in [3.05, 3.63) is 107 Å². The summed E-state index contributed by atoms with van der Waals surface area (Å²) in [5.74, 6) is -3.71. The summed E-state index contributed by atoms with van der Waals surface area (Å²) in [5.41, 5.74) is 4.99. The van der Waals surface area contributed by atoms with E-state index in [0.717, 1.165) is 22.5 Å². The molecule has 4 aromatic rings. The molecule has 2 amide bonds. The van der Waals surface area contributed by atoms with E-state index in [1.54, 1.807) is 24.3 Å². The lowest BCUT2D eigenvalue weighted by atomic mass is 10.0. The predicted molar refractivity (Wildman–Crippen MR) is 161 cm³/mol. The Labute approximate surface area is 264 Å². The summed E-state index contributed by atoms with van der Waals surface area (Å²) in [6.45, 7) is 0.919. The van der Waals surface area contributed by atoms with Crippen LogP contribution in [-0.4, -0.2) is 37.6 Å². The molecule has 0 atom stereocenters. The highest BCUT2D eigenvalue weighted by Crippen LogP contribution is 2.37. The van der Waals surface area contributed by atoms with Gasteiger partial charge in [-0.15, -0.1) is 0 Å². The molecule has 0 radical (unpaired) electrons. The van der Waals surface area contributed by atoms with Crippen LogP contribution in [0.4, 0.5) is 49.1 Å². The number of halogens is 6. The first-order valence-electron chi connectivity index (χ1n) is 14.3. The Morgan fingerprint density at radius 3 is 1.34 bits per heavy atom. The van der Waals surface area contributed by atoms with Crippen LogP contribution in [0.2, 0.25) is 0 Å². The van der Waals surface area contributed by atoms with Crippen LogP contribution >= 0.6 is 0 Å². The first-order chi connectivity index (χ1) is 22.3. The van der Waals surface area contributed by atoms with Crippen LogP contribution in [0.3, 0.4) is 0 Å². The summed E-state index contributed by atoms with van der Waals surface area (Å²) in [6.07, 6.45) is -9.38. The van der Waals surface area contributed by atoms with Crippen LogP contribution in [-0.2, 0) is 29.1 Å². The van der Waals surface area contributed by atoms with Gasteiger partial charge in [-0.25, -0.2) is 0 Å². The van der Waals surface area contributed by atoms with Gasteiger partial charge in [0.2, 0.25) is 0 Å². The summed E-state index contributed by atoms with van der Waals surface area (Å²) in [4.78, 5) is 26.7. The molecule has 0 saturated carbocycles. The topological polar surface area (TPSA) is 83.1 Å². The van der Waals surface area contributed by atoms with Crippen molar-refractivity contribution in [1.82, 2.24) is 0 Å². The molecule has 244 valence electrons. The van der Waals surface area contributed by atoms with Gasteiger partial charge in [0.1, 0.15) is 11.5 Å². The number of benzene rings is 4. The van der Waals surface area contributed by atoms with Crippen LogP contribution in [0.25, 0.3) is 0 Å². The number of ether oxygens (including phenoxy) is 2. The number of carbonyl (C=O) groups is 2. The molecule has 0 fully saturated rings. The Bertz CT molecular complexity index is 1660. The van der Waals surface area contributed by atoms with Crippen molar-refractivity contribution in [1.29, 1.82) is 0 Å². The van der Waals surface area contributed by atoms with Crippen molar-refractivity contribution < 1.29 is 45.4 Å². The van der Waals surface area contributed by atoms with Crippen LogP contribution in [0.15, 0.2) is 84.9 Å². The molecular weight excluding hydrogens is 630 g/mol. The SMILES string of the molecule is O=C(Nc1cccc2c1OCN(c1ccc(Cc3ccc(N4COc5c(cccc5NC(=O)C(F)(F)F)C4)cc3)cc1)C2)C(F)(F)F. The van der Waals surface area contributed by atoms with Crippen LogP contribution in [0, 0.1) is 0 Å². The molecule has 4 aromatic carbocycles. The third kappa shape index (κ3) is 7.05. The first-order valence-corrected chi connectivity index (χ1v) is 14.3. The summed E-state index contributed by atoms with van der Waals surface area (Å²) in [5, 5.41) is 3.75. The van der Waals surface area contributed by atoms with E-state index in [9.17, 15) is 35.9 Å². The van der Waals surface area contributed by atoms with Crippen molar-refractivity contribution in [2.24, 2.45) is 0 Å². The summed E-state index contributed by atoms with van der Waals surface area (Å²) in [7, 11) is 0. The van der Waals surface area contributed by atoms with Crippen LogP contribution < -0.4 is 29.9 Å². The lowest BCUT2D eigenvalue weighted by Gasteiger charge is -2.32. The third-order valence-electron chi connectivity index (χ3n) is 7.67. The lowest BCUT2D eigenvalue weighted by molar-refractivity contribution is -0.167. The zero-order chi connectivity index (χ0) is 33.3. The first kappa shape index (κ1) is 31.6. The van der Waals surface area contributed by atoms with Gasteiger partial charge in [0.25, 0.3) is 0 Å². The van der Waals surface area contributed by atoms with Crippen molar-refractivity contribution in [3.8, 4) is 11.5 Å². The monoisotopic (exact) mass is 656 g/mol. The highest BCUT2D eigenvalue weighted by molar-refractivity contribution is 5.97. The van der Waals surface area contributed by atoms with E-state index < -0.39 is 24.2 Å². The number of anilines is 4. The fraction of sp³-hybridized carbons (Fsp3) is 0.212. The van der Waals surface area contributed by atoms with E-state index in [2.05, 4.69) is 0 Å². The molecule has 2 N–H and O–H groups in total. The van der Waals surface area contributed by atoms with Gasteiger partial charge in [0, 0.05) is 35.6 Å². The molecule has 0 unspecified atom stereocenters. The van der Waals surface area contributed by atoms with Gasteiger partial charge in [0.15, 0.2) is 13.5 Å². The van der Waals surface area contributed by atoms with E-state index in [1.807, 2.05) is 69.0 Å². The minimum Gasteiger partial charge on any atom is -0.471 e. The minimum absolute atomic E-state index is 0.0348. The molecular formula is C33H26F6N4O4. The second kappa shape index (κ2) is 12.4. The maximum absolute atomic E-state index is 12.7. The largest absolute Gasteiger partial charge is 0.471 e. The van der Waals surface area contributed by atoms with Crippen molar-refractivity contribution >= 4 is 34.6 Å². The summed E-state index contributed by atoms with van der Waals surface area (Å²) >= 11 is 0. The van der Waals surface area contributed by atoms with Gasteiger partial charge in [-0.2, -0.15) is 26.3 Å². The van der Waals surface area contributed by atoms with E-state index >= 15 is 0 Å². The molecule has 0 bridgehead atoms. The maximum atomic E-state index is 12.7. The summed E-state index contributed by atoms with van der Waals surface area (Å²) in [6, 6.07) is 24.9. The number of alkyl halides is 6. The Morgan fingerprint density at radius 2 is 0.979 bits per heavy atom. The van der Waals surface area contributed by atoms with Gasteiger partial charge >= 0.3 is 24.2 Å². The van der Waals surface area contributed by atoms with Gasteiger partial charge in [-0.3, -0.25) is 9.59 Å². The molecule has 0 spiro atoms. The molecule has 2 heterocycles. The highest BCUT2D eigenvalue weighted by Gasteiger charge is 2.40. The van der Waals surface area contributed by atoms with Gasteiger partial charge in [-0.1, -0.05) is 48.5 Å². The van der Waals surface area contributed by atoms with Gasteiger partial charge in [-0.05, 0) is 53.9 Å². The maximum Gasteiger partial charge on any atom is 0.471 e. The Hall–Kier alpha value is -5.40. The zero-order valence-electron chi connectivity index (χ0n) is 24.4. The molecule has 2 aliphatic heterocycles. The third-order valence-corrected chi connectivity index (χ3v) is 7.67. The second-order valence-corrected chi connectivity index (χ2v) is 10.9. The zero-order valence-corrected chi connectivity index (χ0v) is 24.4. The second-order valence-electron chi connectivity index (χ2n) is 10.9. The molecule has 14 heteroatoms. The molecule has 0 saturated heterocycles. The highest BCUT2D eigenvalue weighted by atomic mass is 19.4. The number of fused-ring (bicyclic) bond motifs is 2. The van der Waals surface area contributed by atoms with Crippen molar-refractivity contribution in [2.45, 2.75) is 31.9 Å². The number of carbonyl (C=O) groups excluding carboxylic acids is 2. The van der Waals surface area contributed by atoms with E-state index in [4.69, 9.17) is 9.47 Å². The Morgan fingerprint density at radius 1 is 0.596 bits per heavy atom. The van der Waals surface area contributed by atoms with E-state index in [0.29, 0.717) is 30.6 Å². The lowest BCUT2D eigenvalue weighted by Crippen LogP contribution is -2.34. The molecule has 6 rings (SSSR count). The van der Waals surface area contributed by atoms with Gasteiger partial charge < -0.3 is 29.9 Å². The predicted octanol–water partition coefficient (Wildman–Crippen LogP) is 6.99. The number of amides is 2. The fourth-order valence-corrected chi connectivity index (χ4v) is 5.35. The van der Waals surface area contributed by atoms with Crippen LogP contribution in [0.1, 0.15) is 22.3 Å².